The molecule has 0 radical (unpaired) electrons. The molecule has 0 saturated carbocycles. The molecule has 0 aliphatic carbocycles. The van der Waals surface area contributed by atoms with Crippen LogP contribution in [-0.4, -0.2) is 73.8 Å². The second-order valence-electron chi connectivity index (χ2n) is 9.96. The molecule has 1 saturated heterocycles. The van der Waals surface area contributed by atoms with Gasteiger partial charge in [0.05, 0.1) is 22.8 Å². The third-order valence-electron chi connectivity index (χ3n) is 6.93. The zero-order chi connectivity index (χ0) is 27.1. The van der Waals surface area contributed by atoms with Crippen LogP contribution in [-0.2, 0) is 38.9 Å². The number of hydrogen-bond donors (Lipinski definition) is 1. The first-order valence-electron chi connectivity index (χ1n) is 13.5. The van der Waals surface area contributed by atoms with E-state index in [0.717, 1.165) is 36.9 Å². The van der Waals surface area contributed by atoms with Crippen LogP contribution >= 0.6 is 0 Å². The number of fused-ring (bicyclic) bond motifs is 1. The standard InChI is InChI=1S/C27H38N4O6S/c1-3-31-25-23(11-7-15-36-16-8-12-28-26(25)32)24(29-31)17-20(2)19-37-27(33)21-9-6-10-22(18-21)38(34,35)30-13-4-5-14-30/h6,9-10,18,20H,3-5,7-8,11-17,19H2,1-2H3,(H,28,32)/t20-/m1/s1. The second kappa shape index (κ2) is 12.9. The molecule has 1 aromatic heterocycles. The van der Waals surface area contributed by atoms with Gasteiger partial charge in [0, 0.05) is 45.0 Å². The third-order valence-corrected chi connectivity index (χ3v) is 8.82. The summed E-state index contributed by atoms with van der Waals surface area (Å²) in [5, 5.41) is 7.71. The van der Waals surface area contributed by atoms with E-state index in [1.165, 1.54) is 16.4 Å². The number of ether oxygens (including phenoxy) is 2. The van der Waals surface area contributed by atoms with Gasteiger partial charge in [-0.15, -0.1) is 0 Å². The Morgan fingerprint density at radius 3 is 2.71 bits per heavy atom. The van der Waals surface area contributed by atoms with Gasteiger partial charge in [-0.3, -0.25) is 9.48 Å². The number of carbonyl (C=O) groups excluding carboxylic acids is 2. The van der Waals surface area contributed by atoms with Gasteiger partial charge in [-0.2, -0.15) is 9.40 Å². The van der Waals surface area contributed by atoms with Crippen molar-refractivity contribution < 1.29 is 27.5 Å². The van der Waals surface area contributed by atoms with Crippen LogP contribution in [0.15, 0.2) is 29.2 Å². The average Bonchev–Trinajstić information content (AvgIpc) is 3.57. The highest BCUT2D eigenvalue weighted by atomic mass is 32.2. The summed E-state index contributed by atoms with van der Waals surface area (Å²) >= 11 is 0. The molecule has 4 rings (SSSR count). The number of amides is 1. The van der Waals surface area contributed by atoms with Gasteiger partial charge >= 0.3 is 5.97 Å². The van der Waals surface area contributed by atoms with E-state index in [1.807, 2.05) is 13.8 Å². The maximum absolute atomic E-state index is 12.9. The number of nitrogens with one attached hydrogen (secondary N) is 1. The van der Waals surface area contributed by atoms with Crippen LogP contribution in [0.2, 0.25) is 0 Å². The van der Waals surface area contributed by atoms with Crippen molar-refractivity contribution in [3.8, 4) is 0 Å². The Bertz CT molecular complexity index is 1240. The fraction of sp³-hybridized carbons (Fsp3) is 0.593. The van der Waals surface area contributed by atoms with Crippen LogP contribution in [0.5, 0.6) is 0 Å². The molecule has 3 heterocycles. The van der Waals surface area contributed by atoms with Crippen molar-refractivity contribution in [2.45, 2.75) is 63.8 Å². The number of nitrogens with zero attached hydrogens (tertiary/aromatic N) is 3. The van der Waals surface area contributed by atoms with Gasteiger partial charge in [-0.25, -0.2) is 13.2 Å². The van der Waals surface area contributed by atoms with Gasteiger partial charge in [-0.1, -0.05) is 13.0 Å². The van der Waals surface area contributed by atoms with E-state index in [0.29, 0.717) is 57.9 Å². The third kappa shape index (κ3) is 6.62. The van der Waals surface area contributed by atoms with E-state index in [-0.39, 0.29) is 28.9 Å². The SMILES string of the molecule is CCn1nc(C[C@@H](C)COC(=O)c2cccc(S(=O)(=O)N3CCCC3)c2)c2c1C(=O)NCCCOCCC2. The Hall–Kier alpha value is -2.76. The van der Waals surface area contributed by atoms with E-state index >= 15 is 0 Å². The van der Waals surface area contributed by atoms with Crippen LogP contribution in [0.3, 0.4) is 0 Å². The number of aromatic nitrogens is 2. The Labute approximate surface area is 224 Å². The highest BCUT2D eigenvalue weighted by Crippen LogP contribution is 2.23. The fourth-order valence-corrected chi connectivity index (χ4v) is 6.49. The van der Waals surface area contributed by atoms with Crippen molar-refractivity contribution in [3.63, 3.8) is 0 Å². The Kier molecular flexibility index (Phi) is 9.56. The van der Waals surface area contributed by atoms with Crippen LogP contribution in [0.4, 0.5) is 0 Å². The van der Waals surface area contributed by atoms with Crippen molar-refractivity contribution in [1.82, 2.24) is 19.4 Å². The molecule has 11 heteroatoms. The summed E-state index contributed by atoms with van der Waals surface area (Å²) < 4.78 is 40.2. The minimum absolute atomic E-state index is 0.0581. The molecule has 1 atom stereocenters. The van der Waals surface area contributed by atoms with Crippen LogP contribution in [0.1, 0.15) is 71.6 Å². The molecular formula is C27H38N4O6S. The van der Waals surface area contributed by atoms with Gasteiger partial charge in [0.15, 0.2) is 0 Å². The molecule has 208 valence electrons. The molecule has 2 aromatic rings. The minimum atomic E-state index is -3.62. The summed E-state index contributed by atoms with van der Waals surface area (Å²) in [7, 11) is -3.62. The maximum Gasteiger partial charge on any atom is 0.338 e. The first-order valence-corrected chi connectivity index (χ1v) is 15.0. The predicted molar refractivity (Wildman–Crippen MR) is 142 cm³/mol. The minimum Gasteiger partial charge on any atom is -0.462 e. The second-order valence-corrected chi connectivity index (χ2v) is 11.9. The molecule has 1 aromatic carbocycles. The maximum atomic E-state index is 12.9. The van der Waals surface area contributed by atoms with Gasteiger partial charge < -0.3 is 14.8 Å². The molecule has 10 nitrogen and oxygen atoms in total. The molecule has 2 aliphatic rings. The van der Waals surface area contributed by atoms with E-state index in [9.17, 15) is 18.0 Å². The van der Waals surface area contributed by atoms with E-state index in [4.69, 9.17) is 14.6 Å². The topological polar surface area (TPSA) is 120 Å². The summed E-state index contributed by atoms with van der Waals surface area (Å²) in [4.78, 5) is 25.8. The Morgan fingerprint density at radius 1 is 1.18 bits per heavy atom. The number of benzene rings is 1. The molecule has 0 unspecified atom stereocenters. The number of hydrogen-bond acceptors (Lipinski definition) is 7. The van der Waals surface area contributed by atoms with E-state index in [1.54, 1.807) is 16.8 Å². The first kappa shape index (κ1) is 28.3. The molecule has 1 fully saturated rings. The van der Waals surface area contributed by atoms with E-state index < -0.39 is 16.0 Å². The summed E-state index contributed by atoms with van der Waals surface area (Å²) in [6, 6.07) is 6.04. The van der Waals surface area contributed by atoms with Crippen molar-refractivity contribution >= 4 is 21.9 Å². The molecule has 1 N–H and O–H groups in total. The molecule has 1 amide bonds. The molecule has 0 spiro atoms. The molecule has 0 bridgehead atoms. The Balaban J connectivity index is 1.43. The lowest BCUT2D eigenvalue weighted by Gasteiger charge is -2.16. The summed E-state index contributed by atoms with van der Waals surface area (Å²) in [6.07, 6.45) is 4.48. The monoisotopic (exact) mass is 546 g/mol. The van der Waals surface area contributed by atoms with Crippen LogP contribution in [0, 0.1) is 5.92 Å². The molecule has 2 aliphatic heterocycles. The number of rotatable bonds is 8. The lowest BCUT2D eigenvalue weighted by molar-refractivity contribution is 0.0448. The largest absolute Gasteiger partial charge is 0.462 e. The number of sulfonamides is 1. The summed E-state index contributed by atoms with van der Waals surface area (Å²) in [5.74, 6) is -0.743. The smallest absolute Gasteiger partial charge is 0.338 e. The van der Waals surface area contributed by atoms with Crippen molar-refractivity contribution in [2.24, 2.45) is 5.92 Å². The quantitative estimate of drug-likeness (QED) is 0.506. The average molecular weight is 547 g/mol. The molecule has 38 heavy (non-hydrogen) atoms. The van der Waals surface area contributed by atoms with Crippen LogP contribution < -0.4 is 5.32 Å². The summed E-state index contributed by atoms with van der Waals surface area (Å²) in [6.45, 7) is 7.45. The predicted octanol–water partition coefficient (Wildman–Crippen LogP) is 2.81. The zero-order valence-electron chi connectivity index (χ0n) is 22.3. The number of esters is 1. The fourth-order valence-electron chi connectivity index (χ4n) is 4.92. The van der Waals surface area contributed by atoms with Gasteiger partial charge in [0.1, 0.15) is 5.69 Å². The number of aryl methyl sites for hydroxylation is 1. The van der Waals surface area contributed by atoms with Gasteiger partial charge in [0.2, 0.25) is 10.0 Å². The summed E-state index contributed by atoms with van der Waals surface area (Å²) in [5.41, 5.74) is 2.56. The normalized spacial score (nSPS) is 18.3. The highest BCUT2D eigenvalue weighted by Gasteiger charge is 2.28. The van der Waals surface area contributed by atoms with Gasteiger partial charge in [-0.05, 0) is 69.6 Å². The highest BCUT2D eigenvalue weighted by molar-refractivity contribution is 7.89. The Morgan fingerprint density at radius 2 is 1.95 bits per heavy atom. The lowest BCUT2D eigenvalue weighted by Crippen LogP contribution is -2.28. The molecular weight excluding hydrogens is 508 g/mol. The van der Waals surface area contributed by atoms with Crippen molar-refractivity contribution in [1.29, 1.82) is 0 Å². The van der Waals surface area contributed by atoms with Crippen LogP contribution in [0.25, 0.3) is 0 Å². The van der Waals surface area contributed by atoms with E-state index in [2.05, 4.69) is 5.32 Å². The lowest BCUT2D eigenvalue weighted by atomic mass is 9.99. The number of carbonyl (C=O) groups is 2. The van der Waals surface area contributed by atoms with Crippen molar-refractivity contribution in [2.75, 3.05) is 39.5 Å². The first-order chi connectivity index (χ1) is 18.3. The zero-order valence-corrected chi connectivity index (χ0v) is 23.1. The van der Waals surface area contributed by atoms with Gasteiger partial charge in [0.25, 0.3) is 5.91 Å². The van der Waals surface area contributed by atoms with Crippen molar-refractivity contribution in [3.05, 3.63) is 46.8 Å².